The number of nitrogens with one attached hydrogen (secondary N) is 3. The first-order valence-corrected chi connectivity index (χ1v) is 12.9. The van der Waals surface area contributed by atoms with Crippen molar-refractivity contribution in [3.8, 4) is 28.5 Å². The van der Waals surface area contributed by atoms with Gasteiger partial charge in [0.1, 0.15) is 11.3 Å². The number of urea groups is 1. The summed E-state index contributed by atoms with van der Waals surface area (Å²) in [7, 11) is 3.38. The van der Waals surface area contributed by atoms with Crippen molar-refractivity contribution in [1.29, 1.82) is 5.26 Å². The molecular weight excluding hydrogens is 518 g/mol. The van der Waals surface area contributed by atoms with Crippen molar-refractivity contribution in [3.05, 3.63) is 82.9 Å². The van der Waals surface area contributed by atoms with Gasteiger partial charge in [-0.25, -0.2) is 9.78 Å². The second-order valence-electron chi connectivity index (χ2n) is 10.5. The average molecular weight is 548 g/mol. The molecular formula is C30H29N9O2. The first-order chi connectivity index (χ1) is 19.6. The summed E-state index contributed by atoms with van der Waals surface area (Å²) in [5.74, 6) is 0.424. The lowest BCUT2D eigenvalue weighted by molar-refractivity contribution is 0.262. The fraction of sp³-hybridized carbons (Fsp3) is 0.200. The number of aryl methyl sites for hydroxylation is 1. The molecule has 5 aromatic rings. The number of hydrogen-bond acceptors (Lipinski definition) is 7. The molecule has 0 unspecified atom stereocenters. The number of carbonyl (C=O) groups is 1. The summed E-state index contributed by atoms with van der Waals surface area (Å²) >= 11 is 0. The lowest BCUT2D eigenvalue weighted by atomic mass is 10.1. The Morgan fingerprint density at radius 2 is 1.78 bits per heavy atom. The van der Waals surface area contributed by atoms with Gasteiger partial charge in [-0.3, -0.25) is 14.0 Å². The van der Waals surface area contributed by atoms with Crippen LogP contribution in [0.3, 0.4) is 0 Å². The summed E-state index contributed by atoms with van der Waals surface area (Å²) in [6, 6.07) is 17.5. The minimum atomic E-state index is -0.468. The van der Waals surface area contributed by atoms with E-state index in [4.69, 9.17) is 10.4 Å². The van der Waals surface area contributed by atoms with Crippen LogP contribution < -0.4 is 21.5 Å². The number of nitriles is 1. The number of rotatable bonds is 5. The number of amides is 2. The average Bonchev–Trinajstić information content (AvgIpc) is 3.39. The van der Waals surface area contributed by atoms with E-state index in [1.54, 1.807) is 79.7 Å². The van der Waals surface area contributed by atoms with Crippen LogP contribution >= 0.6 is 0 Å². The molecule has 2 amide bonds. The lowest BCUT2D eigenvalue weighted by Crippen LogP contribution is -2.22. The van der Waals surface area contributed by atoms with Crippen molar-refractivity contribution < 1.29 is 4.79 Å². The smallest absolute Gasteiger partial charge is 0.323 e. The third-order valence-electron chi connectivity index (χ3n) is 6.54. The van der Waals surface area contributed by atoms with Gasteiger partial charge in [0.05, 0.1) is 22.9 Å². The molecule has 11 nitrogen and oxygen atoms in total. The molecule has 11 heteroatoms. The molecule has 3 N–H and O–H groups in total. The minimum Gasteiger partial charge on any atom is -0.357 e. The normalized spacial score (nSPS) is 11.2. The molecule has 3 heterocycles. The summed E-state index contributed by atoms with van der Waals surface area (Å²) in [6.07, 6.45) is 3.44. The van der Waals surface area contributed by atoms with Crippen LogP contribution in [0.2, 0.25) is 0 Å². The Hall–Kier alpha value is -5.50. The van der Waals surface area contributed by atoms with Gasteiger partial charge in [-0.15, -0.1) is 0 Å². The number of aromatic nitrogens is 5. The van der Waals surface area contributed by atoms with E-state index in [-0.39, 0.29) is 11.1 Å². The summed E-state index contributed by atoms with van der Waals surface area (Å²) in [5.41, 5.74) is 3.97. The maximum Gasteiger partial charge on any atom is 0.323 e. The van der Waals surface area contributed by atoms with E-state index < -0.39 is 6.03 Å². The molecule has 2 aromatic carbocycles. The monoisotopic (exact) mass is 547 g/mol. The van der Waals surface area contributed by atoms with E-state index in [1.165, 1.54) is 4.57 Å². The van der Waals surface area contributed by atoms with Crippen LogP contribution in [-0.4, -0.2) is 37.4 Å². The molecule has 0 radical (unpaired) electrons. The second-order valence-corrected chi connectivity index (χ2v) is 10.5. The van der Waals surface area contributed by atoms with E-state index in [0.717, 1.165) is 5.56 Å². The molecule has 0 fully saturated rings. The molecule has 0 saturated carbocycles. The zero-order valence-electron chi connectivity index (χ0n) is 23.4. The topological polar surface area (TPSA) is 143 Å². The van der Waals surface area contributed by atoms with Gasteiger partial charge < -0.3 is 16.0 Å². The van der Waals surface area contributed by atoms with Gasteiger partial charge in [0, 0.05) is 48.7 Å². The maximum absolute atomic E-state index is 13.2. The highest BCUT2D eigenvalue weighted by molar-refractivity contribution is 6.02. The molecule has 41 heavy (non-hydrogen) atoms. The standard InChI is InChI=1S/C30H29N9O2/c1-30(2,3)39-17-24(25(37-39)19-11-9-18(15-31)10-12-19)35-29(41)34-22-8-6-7-20(13-22)23-14-21-16-33-28(32-4)36-26(21)38(5)27(23)40/h6-14,16-17H,1-5H3,(H,32,33,36)(H2,34,35,41). The largest absolute Gasteiger partial charge is 0.357 e. The summed E-state index contributed by atoms with van der Waals surface area (Å²) in [6.45, 7) is 6.04. The van der Waals surface area contributed by atoms with Crippen molar-refractivity contribution in [2.45, 2.75) is 26.3 Å². The fourth-order valence-electron chi connectivity index (χ4n) is 4.35. The second kappa shape index (κ2) is 10.6. The zero-order chi connectivity index (χ0) is 29.3. The van der Waals surface area contributed by atoms with Crippen molar-refractivity contribution >= 4 is 34.4 Å². The van der Waals surface area contributed by atoms with Crippen LogP contribution in [0.25, 0.3) is 33.4 Å². The Morgan fingerprint density at radius 1 is 1.02 bits per heavy atom. The summed E-state index contributed by atoms with van der Waals surface area (Å²) < 4.78 is 3.27. The predicted octanol–water partition coefficient (Wildman–Crippen LogP) is 5.17. The van der Waals surface area contributed by atoms with Gasteiger partial charge in [-0.1, -0.05) is 24.3 Å². The first-order valence-electron chi connectivity index (χ1n) is 12.9. The molecule has 0 aliphatic heterocycles. The van der Waals surface area contributed by atoms with Crippen LogP contribution in [0.15, 0.2) is 71.8 Å². The molecule has 0 atom stereocenters. The lowest BCUT2D eigenvalue weighted by Gasteiger charge is -2.18. The number of fused-ring (bicyclic) bond motifs is 1. The van der Waals surface area contributed by atoms with Crippen LogP contribution in [0.1, 0.15) is 26.3 Å². The Labute approximate surface area is 236 Å². The molecule has 0 spiro atoms. The number of anilines is 3. The van der Waals surface area contributed by atoms with Crippen molar-refractivity contribution in [2.75, 3.05) is 23.0 Å². The fourth-order valence-corrected chi connectivity index (χ4v) is 4.35. The third kappa shape index (κ3) is 5.49. The summed E-state index contributed by atoms with van der Waals surface area (Å²) in [4.78, 5) is 35.0. The van der Waals surface area contributed by atoms with Crippen molar-refractivity contribution in [3.63, 3.8) is 0 Å². The quantitative estimate of drug-likeness (QED) is 0.275. The summed E-state index contributed by atoms with van der Waals surface area (Å²) in [5, 5.41) is 23.2. The molecule has 5 rings (SSSR count). The number of hydrogen-bond donors (Lipinski definition) is 3. The van der Waals surface area contributed by atoms with E-state index >= 15 is 0 Å². The maximum atomic E-state index is 13.2. The van der Waals surface area contributed by atoms with Gasteiger partial charge in [-0.05, 0) is 56.7 Å². The Kier molecular flexibility index (Phi) is 6.99. The van der Waals surface area contributed by atoms with E-state index in [2.05, 4.69) is 32.0 Å². The zero-order valence-corrected chi connectivity index (χ0v) is 23.4. The highest BCUT2D eigenvalue weighted by Gasteiger charge is 2.21. The van der Waals surface area contributed by atoms with E-state index in [1.807, 2.05) is 26.8 Å². The number of carbonyl (C=O) groups excluding carboxylic acids is 1. The highest BCUT2D eigenvalue weighted by Crippen LogP contribution is 2.30. The van der Waals surface area contributed by atoms with E-state index in [0.29, 0.717) is 50.7 Å². The van der Waals surface area contributed by atoms with Crippen LogP contribution in [0.4, 0.5) is 22.1 Å². The molecule has 206 valence electrons. The molecule has 0 aliphatic rings. The van der Waals surface area contributed by atoms with Gasteiger partial charge in [-0.2, -0.15) is 15.3 Å². The SMILES string of the molecule is CNc1ncc2cc(-c3cccc(NC(=O)Nc4cn(C(C)(C)C)nc4-c4ccc(C#N)cc4)c3)c(=O)n(C)c2n1. The number of benzene rings is 2. The minimum absolute atomic E-state index is 0.221. The Morgan fingerprint density at radius 3 is 2.46 bits per heavy atom. The molecule has 0 bridgehead atoms. The van der Waals surface area contributed by atoms with Crippen molar-refractivity contribution in [2.24, 2.45) is 7.05 Å². The Bertz CT molecular complexity index is 1870. The van der Waals surface area contributed by atoms with Gasteiger partial charge in [0.15, 0.2) is 0 Å². The van der Waals surface area contributed by atoms with Crippen LogP contribution in [0.5, 0.6) is 0 Å². The number of pyridine rings is 1. The highest BCUT2D eigenvalue weighted by atomic mass is 16.2. The van der Waals surface area contributed by atoms with Crippen molar-refractivity contribution in [1.82, 2.24) is 24.3 Å². The van der Waals surface area contributed by atoms with Crippen LogP contribution in [-0.2, 0) is 12.6 Å². The first kappa shape index (κ1) is 27.1. The van der Waals surface area contributed by atoms with Gasteiger partial charge in [0.25, 0.3) is 5.56 Å². The van der Waals surface area contributed by atoms with E-state index in [9.17, 15) is 9.59 Å². The van der Waals surface area contributed by atoms with Gasteiger partial charge >= 0.3 is 6.03 Å². The molecule has 0 saturated heterocycles. The predicted molar refractivity (Wildman–Crippen MR) is 160 cm³/mol. The molecule has 0 aliphatic carbocycles. The Balaban J connectivity index is 1.43. The third-order valence-corrected chi connectivity index (χ3v) is 6.54. The van der Waals surface area contributed by atoms with Crippen LogP contribution in [0, 0.1) is 11.3 Å². The number of nitrogens with zero attached hydrogens (tertiary/aromatic N) is 6. The molecule has 3 aromatic heterocycles. The van der Waals surface area contributed by atoms with Gasteiger partial charge in [0.2, 0.25) is 5.95 Å².